The summed E-state index contributed by atoms with van der Waals surface area (Å²) in [6.45, 7) is 1.77. The number of carbonyl (C=O) groups is 2. The monoisotopic (exact) mass is 419 g/mol. The average Bonchev–Trinajstić information content (AvgIpc) is 3.23. The van der Waals surface area contributed by atoms with Gasteiger partial charge in [0.15, 0.2) is 6.61 Å². The molecule has 3 rings (SSSR count). The summed E-state index contributed by atoms with van der Waals surface area (Å²) in [6.07, 6.45) is 1.07. The van der Waals surface area contributed by atoms with E-state index in [9.17, 15) is 9.59 Å². The number of hydrogen-bond acceptors (Lipinski definition) is 3. The Morgan fingerprint density at radius 3 is 2.00 bits per heavy atom. The molecule has 1 aliphatic carbocycles. The maximum absolute atomic E-state index is 12.1. The molecule has 0 unspecified atom stereocenters. The highest BCUT2D eigenvalue weighted by Gasteiger charge is 2.69. The zero-order chi connectivity index (χ0) is 20.2. The van der Waals surface area contributed by atoms with Crippen LogP contribution in [0, 0.1) is 5.41 Å². The summed E-state index contributed by atoms with van der Waals surface area (Å²) >= 11 is 11.9. The number of halogens is 2. The lowest BCUT2D eigenvalue weighted by atomic mass is 9.88. The predicted octanol–water partition coefficient (Wildman–Crippen LogP) is 4.45. The first-order chi connectivity index (χ1) is 13.3. The van der Waals surface area contributed by atoms with Crippen LogP contribution >= 0.6 is 23.2 Å². The van der Waals surface area contributed by atoms with Gasteiger partial charge in [-0.2, -0.15) is 0 Å². The summed E-state index contributed by atoms with van der Waals surface area (Å²) in [5.74, 6) is -0.713. The minimum absolute atomic E-state index is 0.170. The molecule has 0 saturated heterocycles. The van der Waals surface area contributed by atoms with Gasteiger partial charge >= 0.3 is 5.97 Å². The minimum Gasteiger partial charge on any atom is -0.455 e. The van der Waals surface area contributed by atoms with Crippen molar-refractivity contribution >= 4 is 35.1 Å². The zero-order valence-electron chi connectivity index (χ0n) is 15.7. The third-order valence-corrected chi connectivity index (χ3v) is 6.30. The van der Waals surface area contributed by atoms with Crippen LogP contribution in [0.1, 0.15) is 36.8 Å². The Hall–Kier alpha value is -2.04. The molecule has 1 fully saturated rings. The molecule has 1 aliphatic rings. The summed E-state index contributed by atoms with van der Waals surface area (Å²) < 4.78 is 3.98. The number of esters is 1. The van der Waals surface area contributed by atoms with Gasteiger partial charge in [-0.15, -0.1) is 23.2 Å². The SMILES string of the molecule is C[C@@]1(C(=O)OCC(=O)NCCC(c2ccccc2)c2ccccc2)CC1(Cl)Cl. The molecular formula is C22H23Cl2NO3. The van der Waals surface area contributed by atoms with Crippen molar-refractivity contribution in [3.63, 3.8) is 0 Å². The third kappa shape index (κ3) is 4.68. The molecule has 0 bridgehead atoms. The van der Waals surface area contributed by atoms with Crippen molar-refractivity contribution in [3.05, 3.63) is 71.8 Å². The van der Waals surface area contributed by atoms with Crippen molar-refractivity contribution < 1.29 is 14.3 Å². The molecule has 2 aromatic carbocycles. The van der Waals surface area contributed by atoms with Crippen molar-refractivity contribution in [1.82, 2.24) is 5.32 Å². The highest BCUT2D eigenvalue weighted by molar-refractivity contribution is 6.53. The van der Waals surface area contributed by atoms with Gasteiger partial charge in [0.1, 0.15) is 9.75 Å². The highest BCUT2D eigenvalue weighted by atomic mass is 35.5. The normalized spacial score (nSPS) is 19.9. The standard InChI is InChI=1S/C22H23Cl2NO3/c1-21(15-22(21,23)24)20(27)28-14-19(26)25-13-12-18(16-8-4-2-5-9-16)17-10-6-3-7-11-17/h2-11,18H,12-15H2,1H3,(H,25,26)/t21-/m0/s1. The number of amides is 1. The van der Waals surface area contributed by atoms with Crippen LogP contribution in [0.15, 0.2) is 60.7 Å². The third-order valence-electron chi connectivity index (χ3n) is 5.20. The fourth-order valence-electron chi connectivity index (χ4n) is 3.22. The average molecular weight is 420 g/mol. The Morgan fingerprint density at radius 1 is 1.04 bits per heavy atom. The second-order valence-corrected chi connectivity index (χ2v) is 8.79. The van der Waals surface area contributed by atoms with E-state index in [1.807, 2.05) is 36.4 Å². The van der Waals surface area contributed by atoms with Crippen LogP contribution in [0.2, 0.25) is 0 Å². The quantitative estimate of drug-likeness (QED) is 0.507. The summed E-state index contributed by atoms with van der Waals surface area (Å²) in [5, 5.41) is 2.82. The molecule has 1 saturated carbocycles. The Labute approximate surface area is 175 Å². The first-order valence-corrected chi connectivity index (χ1v) is 10.0. The molecule has 28 heavy (non-hydrogen) atoms. The molecular weight excluding hydrogens is 397 g/mol. The molecule has 0 spiro atoms. The van der Waals surface area contributed by atoms with Crippen LogP contribution in [0.5, 0.6) is 0 Å². The maximum Gasteiger partial charge on any atom is 0.315 e. The van der Waals surface area contributed by atoms with Crippen molar-refractivity contribution in [1.29, 1.82) is 0 Å². The van der Waals surface area contributed by atoms with Gasteiger partial charge in [-0.1, -0.05) is 60.7 Å². The molecule has 4 nitrogen and oxygen atoms in total. The maximum atomic E-state index is 12.1. The lowest BCUT2D eigenvalue weighted by Crippen LogP contribution is -2.32. The van der Waals surface area contributed by atoms with E-state index in [1.165, 1.54) is 11.1 Å². The van der Waals surface area contributed by atoms with E-state index in [0.29, 0.717) is 13.0 Å². The van der Waals surface area contributed by atoms with Gasteiger partial charge in [0.2, 0.25) is 0 Å². The molecule has 6 heteroatoms. The van der Waals surface area contributed by atoms with Gasteiger partial charge in [0.25, 0.3) is 5.91 Å². The van der Waals surface area contributed by atoms with Gasteiger partial charge in [-0.05, 0) is 24.5 Å². The van der Waals surface area contributed by atoms with Crippen LogP contribution in [0.3, 0.4) is 0 Å². The van der Waals surface area contributed by atoms with E-state index in [2.05, 4.69) is 29.6 Å². The summed E-state index contributed by atoms with van der Waals surface area (Å²) in [4.78, 5) is 24.1. The molecule has 148 valence electrons. The number of carbonyl (C=O) groups excluding carboxylic acids is 2. The summed E-state index contributed by atoms with van der Waals surface area (Å²) in [6, 6.07) is 20.3. The van der Waals surface area contributed by atoms with Crippen molar-refractivity contribution in [2.45, 2.75) is 30.0 Å². The molecule has 0 radical (unpaired) electrons. The van der Waals surface area contributed by atoms with Gasteiger partial charge < -0.3 is 10.1 Å². The Morgan fingerprint density at radius 2 is 1.54 bits per heavy atom. The molecule has 2 aromatic rings. The smallest absolute Gasteiger partial charge is 0.315 e. The number of ether oxygens (including phenoxy) is 1. The fourth-order valence-corrected chi connectivity index (χ4v) is 3.90. The van der Waals surface area contributed by atoms with E-state index in [0.717, 1.165) is 6.42 Å². The lowest BCUT2D eigenvalue weighted by Gasteiger charge is -2.18. The highest BCUT2D eigenvalue weighted by Crippen LogP contribution is 2.64. The first-order valence-electron chi connectivity index (χ1n) is 9.25. The lowest BCUT2D eigenvalue weighted by molar-refractivity contribution is -0.153. The van der Waals surface area contributed by atoms with Crippen LogP contribution < -0.4 is 5.32 Å². The van der Waals surface area contributed by atoms with Gasteiger partial charge in [0.05, 0.1) is 0 Å². The van der Waals surface area contributed by atoms with E-state index in [4.69, 9.17) is 27.9 Å². The molecule has 0 heterocycles. The Balaban J connectivity index is 1.50. The molecule has 1 N–H and O–H groups in total. The van der Waals surface area contributed by atoms with E-state index in [-0.39, 0.29) is 18.4 Å². The van der Waals surface area contributed by atoms with Crippen LogP contribution in [0.4, 0.5) is 0 Å². The Kier molecular flexibility index (Phi) is 6.31. The predicted molar refractivity (Wildman–Crippen MR) is 110 cm³/mol. The molecule has 0 aromatic heterocycles. The van der Waals surface area contributed by atoms with Crippen LogP contribution in [-0.4, -0.2) is 29.4 Å². The van der Waals surface area contributed by atoms with Crippen molar-refractivity contribution in [2.24, 2.45) is 5.41 Å². The van der Waals surface area contributed by atoms with E-state index >= 15 is 0 Å². The Bertz CT molecular complexity index is 787. The van der Waals surface area contributed by atoms with Gasteiger partial charge in [0, 0.05) is 18.9 Å². The van der Waals surface area contributed by atoms with Crippen molar-refractivity contribution in [3.8, 4) is 0 Å². The van der Waals surface area contributed by atoms with E-state index < -0.39 is 15.7 Å². The number of nitrogens with one attached hydrogen (secondary N) is 1. The molecule has 1 amide bonds. The largest absolute Gasteiger partial charge is 0.455 e. The molecule has 1 atom stereocenters. The van der Waals surface area contributed by atoms with E-state index in [1.54, 1.807) is 6.92 Å². The second-order valence-electron chi connectivity index (χ2n) is 7.30. The molecule has 0 aliphatic heterocycles. The number of alkyl halides is 2. The topological polar surface area (TPSA) is 55.4 Å². The van der Waals surface area contributed by atoms with Crippen LogP contribution in [0.25, 0.3) is 0 Å². The number of benzene rings is 2. The summed E-state index contributed by atoms with van der Waals surface area (Å²) in [5.41, 5.74) is 1.45. The van der Waals surface area contributed by atoms with Crippen molar-refractivity contribution in [2.75, 3.05) is 13.2 Å². The van der Waals surface area contributed by atoms with Gasteiger partial charge in [-0.3, -0.25) is 9.59 Å². The second kappa shape index (κ2) is 8.54. The number of hydrogen-bond donors (Lipinski definition) is 1. The fraction of sp³-hybridized carbons (Fsp3) is 0.364. The zero-order valence-corrected chi connectivity index (χ0v) is 17.2. The minimum atomic E-state index is -1.10. The van der Waals surface area contributed by atoms with Crippen LogP contribution in [-0.2, 0) is 14.3 Å². The summed E-state index contributed by atoms with van der Waals surface area (Å²) in [7, 11) is 0. The number of rotatable bonds is 8. The van der Waals surface area contributed by atoms with Gasteiger partial charge in [-0.25, -0.2) is 0 Å². The first kappa shape index (κ1) is 20.7.